The Hall–Kier alpha value is 0.536. The number of ether oxygens (including phenoxy) is 1. The second-order valence-corrected chi connectivity index (χ2v) is 3.64. The zero-order valence-electron chi connectivity index (χ0n) is 9.81. The molecule has 1 fully saturated rings. The van der Waals surface area contributed by atoms with Crippen LogP contribution in [0, 0.1) is 11.8 Å². The molecule has 0 bridgehead atoms. The fraction of sp³-hybridized carbons (Fsp3) is 0.800. The second kappa shape index (κ2) is 9.55. The van der Waals surface area contributed by atoms with Gasteiger partial charge in [-0.3, -0.25) is 9.59 Å². The van der Waals surface area contributed by atoms with E-state index in [1.54, 1.807) is 6.92 Å². The molecule has 1 aliphatic carbocycles. The Balaban J connectivity index is 0. The monoisotopic (exact) mass is 256 g/mol. The summed E-state index contributed by atoms with van der Waals surface area (Å²) in [6.45, 7) is 2.18. The average Bonchev–Trinajstić information content (AvgIpc) is 2.18. The minimum absolute atomic E-state index is 0. The third-order valence-corrected chi connectivity index (χ3v) is 2.70. The number of carbonyl (C=O) groups is 2. The summed E-state index contributed by atoms with van der Waals surface area (Å²) >= 11 is 0. The molecule has 0 amide bonds. The number of hydrogen-bond acceptors (Lipinski definition) is 4. The van der Waals surface area contributed by atoms with Crippen molar-refractivity contribution in [1.29, 1.82) is 0 Å². The van der Waals surface area contributed by atoms with E-state index in [0.717, 1.165) is 0 Å². The standard InChI is InChI=1S/C10H16O4.K.H2O/c1-2-14-10(13)8-5-3-7(4-6-8)9(11)12;;/h7-8H,2-6H2,1H3,(H,11,12);;1H2/q;+1;/p-1. The summed E-state index contributed by atoms with van der Waals surface area (Å²) in [5, 5.41) is 8.75. The number of hydrogen-bond donors (Lipinski definition) is 1. The predicted octanol–water partition coefficient (Wildman–Crippen LogP) is -1.73. The minimum Gasteiger partial charge on any atom is -0.870 e. The van der Waals surface area contributed by atoms with E-state index in [0.29, 0.717) is 32.3 Å². The van der Waals surface area contributed by atoms with E-state index in [1.807, 2.05) is 0 Å². The maximum Gasteiger partial charge on any atom is 1.00 e. The number of rotatable bonds is 3. The van der Waals surface area contributed by atoms with Gasteiger partial charge < -0.3 is 15.3 Å². The van der Waals surface area contributed by atoms with Gasteiger partial charge in [0.25, 0.3) is 0 Å². The Bertz CT molecular complexity index is 223. The first kappa shape index (κ1) is 18.9. The summed E-state index contributed by atoms with van der Waals surface area (Å²) in [6.07, 6.45) is 2.49. The summed E-state index contributed by atoms with van der Waals surface area (Å²) < 4.78 is 4.89. The van der Waals surface area contributed by atoms with Crippen LogP contribution in [0.25, 0.3) is 0 Å². The fourth-order valence-electron chi connectivity index (χ4n) is 1.84. The van der Waals surface area contributed by atoms with Crippen molar-refractivity contribution in [2.75, 3.05) is 6.61 Å². The zero-order valence-corrected chi connectivity index (χ0v) is 12.9. The normalized spacial score (nSPS) is 23.6. The quantitative estimate of drug-likeness (QED) is 0.478. The van der Waals surface area contributed by atoms with Crippen LogP contribution in [0.1, 0.15) is 32.6 Å². The van der Waals surface area contributed by atoms with E-state index in [-0.39, 0.29) is 74.7 Å². The molecule has 1 aliphatic rings. The SMILES string of the molecule is CCOC(=O)C1CCC(C(=O)O)CC1.[K+].[OH-]. The van der Waals surface area contributed by atoms with Crippen molar-refractivity contribution in [3.8, 4) is 0 Å². The first-order valence-electron chi connectivity index (χ1n) is 5.04. The van der Waals surface area contributed by atoms with Crippen LogP contribution in [0.4, 0.5) is 0 Å². The van der Waals surface area contributed by atoms with E-state index < -0.39 is 5.97 Å². The molecule has 0 aromatic rings. The van der Waals surface area contributed by atoms with Gasteiger partial charge in [-0.2, -0.15) is 0 Å². The van der Waals surface area contributed by atoms with Crippen molar-refractivity contribution in [2.24, 2.45) is 11.8 Å². The number of esters is 1. The average molecular weight is 256 g/mol. The van der Waals surface area contributed by atoms with Gasteiger partial charge in [-0.1, -0.05) is 0 Å². The molecule has 0 radical (unpaired) electrons. The fourth-order valence-corrected chi connectivity index (χ4v) is 1.84. The first-order valence-corrected chi connectivity index (χ1v) is 5.04. The molecule has 2 N–H and O–H groups in total. The van der Waals surface area contributed by atoms with Gasteiger partial charge in [0.1, 0.15) is 0 Å². The van der Waals surface area contributed by atoms with E-state index in [2.05, 4.69) is 0 Å². The molecule has 16 heavy (non-hydrogen) atoms. The summed E-state index contributed by atoms with van der Waals surface area (Å²) in [5.74, 6) is -1.25. The van der Waals surface area contributed by atoms with Crippen molar-refractivity contribution in [3.05, 3.63) is 0 Å². The van der Waals surface area contributed by atoms with E-state index in [9.17, 15) is 9.59 Å². The van der Waals surface area contributed by atoms with E-state index in [1.165, 1.54) is 0 Å². The molecule has 0 atom stereocenters. The van der Waals surface area contributed by atoms with Gasteiger partial charge in [0.05, 0.1) is 18.4 Å². The van der Waals surface area contributed by atoms with Crippen LogP contribution in [-0.2, 0) is 14.3 Å². The predicted molar refractivity (Wildman–Crippen MR) is 51.7 cm³/mol. The Labute approximate surface area is 138 Å². The molecule has 0 aromatic carbocycles. The van der Waals surface area contributed by atoms with E-state index >= 15 is 0 Å². The summed E-state index contributed by atoms with van der Waals surface area (Å²) in [7, 11) is 0. The molecular formula is C10H17KO5. The van der Waals surface area contributed by atoms with Crippen LogP contribution in [0.15, 0.2) is 0 Å². The Morgan fingerprint density at radius 2 is 1.62 bits per heavy atom. The number of carboxylic acid groups (broad SMARTS) is 1. The van der Waals surface area contributed by atoms with Gasteiger partial charge in [0.15, 0.2) is 0 Å². The van der Waals surface area contributed by atoms with Crippen LogP contribution in [-0.4, -0.2) is 29.1 Å². The summed E-state index contributed by atoms with van der Waals surface area (Å²) in [6, 6.07) is 0. The second-order valence-electron chi connectivity index (χ2n) is 3.64. The molecule has 0 aromatic heterocycles. The van der Waals surface area contributed by atoms with Gasteiger partial charge in [-0.25, -0.2) is 0 Å². The zero-order chi connectivity index (χ0) is 10.6. The van der Waals surface area contributed by atoms with Crippen molar-refractivity contribution in [2.45, 2.75) is 32.6 Å². The molecule has 5 nitrogen and oxygen atoms in total. The molecule has 88 valence electrons. The molecule has 0 saturated heterocycles. The van der Waals surface area contributed by atoms with Crippen LogP contribution in [0.3, 0.4) is 0 Å². The summed E-state index contributed by atoms with van der Waals surface area (Å²) in [5.41, 5.74) is 0. The van der Waals surface area contributed by atoms with Crippen LogP contribution in [0.2, 0.25) is 0 Å². The van der Waals surface area contributed by atoms with Crippen molar-refractivity contribution in [1.82, 2.24) is 0 Å². The summed E-state index contributed by atoms with van der Waals surface area (Å²) in [4.78, 5) is 21.9. The smallest absolute Gasteiger partial charge is 0.870 e. The van der Waals surface area contributed by atoms with E-state index in [4.69, 9.17) is 9.84 Å². The van der Waals surface area contributed by atoms with Crippen LogP contribution >= 0.6 is 0 Å². The Kier molecular flexibility index (Phi) is 11.3. The minimum atomic E-state index is -0.743. The maximum absolute atomic E-state index is 11.3. The molecule has 0 spiro atoms. The third-order valence-electron chi connectivity index (χ3n) is 2.70. The Morgan fingerprint density at radius 1 is 1.19 bits per heavy atom. The molecule has 0 heterocycles. The van der Waals surface area contributed by atoms with Gasteiger partial charge in [0.2, 0.25) is 0 Å². The number of carbonyl (C=O) groups excluding carboxylic acids is 1. The van der Waals surface area contributed by atoms with Crippen molar-refractivity contribution < 1.29 is 76.3 Å². The van der Waals surface area contributed by atoms with Gasteiger partial charge in [0, 0.05) is 0 Å². The maximum atomic E-state index is 11.3. The number of carboxylic acids is 1. The molecule has 1 rings (SSSR count). The van der Waals surface area contributed by atoms with Gasteiger partial charge >= 0.3 is 63.3 Å². The molecular weight excluding hydrogens is 239 g/mol. The largest absolute Gasteiger partial charge is 1.00 e. The molecule has 1 saturated carbocycles. The topological polar surface area (TPSA) is 93.6 Å². The molecule has 0 aliphatic heterocycles. The van der Waals surface area contributed by atoms with Crippen molar-refractivity contribution >= 4 is 11.9 Å². The van der Waals surface area contributed by atoms with Gasteiger partial charge in [-0.15, -0.1) is 0 Å². The molecule has 6 heteroatoms. The molecule has 0 unspecified atom stereocenters. The number of aliphatic carboxylic acids is 1. The van der Waals surface area contributed by atoms with Gasteiger partial charge in [-0.05, 0) is 32.6 Å². The first-order chi connectivity index (χ1) is 6.65. The van der Waals surface area contributed by atoms with Crippen LogP contribution < -0.4 is 51.4 Å². The van der Waals surface area contributed by atoms with Crippen LogP contribution in [0.5, 0.6) is 0 Å². The third kappa shape index (κ3) is 5.74. The van der Waals surface area contributed by atoms with Crippen molar-refractivity contribution in [3.63, 3.8) is 0 Å². The Morgan fingerprint density at radius 3 is 2.00 bits per heavy atom.